The van der Waals surface area contributed by atoms with Gasteiger partial charge in [-0.05, 0) is 31.6 Å². The van der Waals surface area contributed by atoms with Gasteiger partial charge in [0, 0.05) is 24.9 Å². The van der Waals surface area contributed by atoms with E-state index in [-0.39, 0.29) is 12.5 Å². The van der Waals surface area contributed by atoms with Gasteiger partial charge in [0.2, 0.25) is 5.91 Å². The van der Waals surface area contributed by atoms with Gasteiger partial charge in [0.05, 0.1) is 6.54 Å². The maximum Gasteiger partial charge on any atom is 0.234 e. The maximum absolute atomic E-state index is 11.8. The van der Waals surface area contributed by atoms with Crippen molar-refractivity contribution in [1.29, 1.82) is 0 Å². The van der Waals surface area contributed by atoms with Gasteiger partial charge in [0.25, 0.3) is 0 Å². The summed E-state index contributed by atoms with van der Waals surface area (Å²) in [7, 11) is 2.03. The van der Waals surface area contributed by atoms with Crippen LogP contribution in [0.2, 0.25) is 0 Å². The molecule has 2 N–H and O–H groups in total. The molecule has 0 aromatic carbocycles. The average Bonchev–Trinajstić information content (AvgIpc) is 2.88. The molecule has 1 rings (SSSR count). The first-order valence-corrected chi connectivity index (χ1v) is 7.98. The van der Waals surface area contributed by atoms with E-state index in [0.717, 1.165) is 18.6 Å². The lowest BCUT2D eigenvalue weighted by Gasteiger charge is -2.23. The number of amides is 1. The van der Waals surface area contributed by atoms with Gasteiger partial charge in [-0.15, -0.1) is 0 Å². The number of carbonyl (C=O) groups excluding carboxylic acids is 1. The van der Waals surface area contributed by atoms with Crippen LogP contribution in [0.3, 0.4) is 0 Å². The SMILES string of the molecule is CCC(CCO)CNC(=O)CN(C)C1CCSC1. The minimum atomic E-state index is 0.103. The Kier molecular flexibility index (Phi) is 7.70. The fourth-order valence-electron chi connectivity index (χ4n) is 2.17. The van der Waals surface area contributed by atoms with Gasteiger partial charge < -0.3 is 10.4 Å². The summed E-state index contributed by atoms with van der Waals surface area (Å²) in [6, 6.07) is 0.556. The third-order valence-electron chi connectivity index (χ3n) is 3.62. The predicted octanol–water partition coefficient (Wildman–Crippen LogP) is 0.949. The summed E-state index contributed by atoms with van der Waals surface area (Å²) in [6.07, 6.45) is 2.96. The van der Waals surface area contributed by atoms with E-state index in [9.17, 15) is 4.79 Å². The Morgan fingerprint density at radius 2 is 2.39 bits per heavy atom. The number of carbonyl (C=O) groups is 1. The minimum Gasteiger partial charge on any atom is -0.396 e. The first kappa shape index (κ1) is 15.8. The van der Waals surface area contributed by atoms with Crippen LogP contribution in [0.1, 0.15) is 26.2 Å². The highest BCUT2D eigenvalue weighted by Crippen LogP contribution is 2.20. The van der Waals surface area contributed by atoms with Crippen molar-refractivity contribution in [3.05, 3.63) is 0 Å². The molecule has 0 aliphatic carbocycles. The fourth-order valence-corrected chi connectivity index (χ4v) is 3.47. The second kappa shape index (κ2) is 8.77. The van der Waals surface area contributed by atoms with Gasteiger partial charge in [0.1, 0.15) is 0 Å². The number of hydrogen-bond donors (Lipinski definition) is 2. The molecule has 4 nitrogen and oxygen atoms in total. The molecule has 1 fully saturated rings. The molecule has 1 heterocycles. The molecule has 1 aliphatic rings. The fraction of sp³-hybridized carbons (Fsp3) is 0.923. The quantitative estimate of drug-likeness (QED) is 0.692. The molecule has 0 spiro atoms. The van der Waals surface area contributed by atoms with Crippen LogP contribution in [0.4, 0.5) is 0 Å². The molecule has 106 valence electrons. The third-order valence-corrected chi connectivity index (χ3v) is 4.77. The van der Waals surface area contributed by atoms with Gasteiger partial charge in [-0.1, -0.05) is 13.3 Å². The van der Waals surface area contributed by atoms with Gasteiger partial charge in [-0.2, -0.15) is 11.8 Å². The van der Waals surface area contributed by atoms with Crippen molar-refractivity contribution in [2.24, 2.45) is 5.92 Å². The lowest BCUT2D eigenvalue weighted by atomic mass is 10.0. The molecular formula is C13H26N2O2S. The smallest absolute Gasteiger partial charge is 0.234 e. The Hall–Kier alpha value is -0.260. The first-order valence-electron chi connectivity index (χ1n) is 6.82. The largest absolute Gasteiger partial charge is 0.396 e. The van der Waals surface area contributed by atoms with Crippen LogP contribution in [-0.4, -0.2) is 60.2 Å². The molecular weight excluding hydrogens is 248 g/mol. The molecule has 0 saturated carbocycles. The van der Waals surface area contributed by atoms with E-state index in [2.05, 4.69) is 17.1 Å². The number of aliphatic hydroxyl groups excluding tert-OH is 1. The average molecular weight is 274 g/mol. The minimum absolute atomic E-state index is 0.103. The molecule has 5 heteroatoms. The highest BCUT2D eigenvalue weighted by atomic mass is 32.2. The molecule has 0 bridgehead atoms. The molecule has 18 heavy (non-hydrogen) atoms. The van der Waals surface area contributed by atoms with Crippen LogP contribution in [0, 0.1) is 5.92 Å². The number of thioether (sulfide) groups is 1. The highest BCUT2D eigenvalue weighted by Gasteiger charge is 2.21. The van der Waals surface area contributed by atoms with E-state index in [0.29, 0.717) is 25.0 Å². The topological polar surface area (TPSA) is 52.6 Å². The Bertz CT molecular complexity index is 245. The summed E-state index contributed by atoms with van der Waals surface area (Å²) in [5, 5.41) is 11.9. The number of hydrogen-bond acceptors (Lipinski definition) is 4. The Morgan fingerprint density at radius 3 is 2.94 bits per heavy atom. The van der Waals surface area contributed by atoms with E-state index < -0.39 is 0 Å². The lowest BCUT2D eigenvalue weighted by molar-refractivity contribution is -0.122. The number of nitrogens with zero attached hydrogens (tertiary/aromatic N) is 1. The summed E-state index contributed by atoms with van der Waals surface area (Å²) in [4.78, 5) is 14.0. The van der Waals surface area contributed by atoms with Crippen LogP contribution in [0.25, 0.3) is 0 Å². The Morgan fingerprint density at radius 1 is 1.61 bits per heavy atom. The molecule has 0 radical (unpaired) electrons. The van der Waals surface area contributed by atoms with Gasteiger partial charge in [-0.25, -0.2) is 0 Å². The number of aliphatic hydroxyl groups is 1. The van der Waals surface area contributed by atoms with Crippen molar-refractivity contribution in [1.82, 2.24) is 10.2 Å². The summed E-state index contributed by atoms with van der Waals surface area (Å²) in [5.41, 5.74) is 0. The normalized spacial score (nSPS) is 21.2. The van der Waals surface area contributed by atoms with Crippen molar-refractivity contribution in [2.75, 3.05) is 38.2 Å². The molecule has 1 saturated heterocycles. The molecule has 0 aromatic heterocycles. The Labute approximate surface area is 115 Å². The molecule has 0 aromatic rings. The number of rotatable bonds is 8. The van der Waals surface area contributed by atoms with Crippen LogP contribution < -0.4 is 5.32 Å². The monoisotopic (exact) mass is 274 g/mol. The van der Waals surface area contributed by atoms with Crippen molar-refractivity contribution in [3.8, 4) is 0 Å². The van der Waals surface area contributed by atoms with Gasteiger partial charge in [-0.3, -0.25) is 9.69 Å². The zero-order chi connectivity index (χ0) is 13.4. The zero-order valence-electron chi connectivity index (χ0n) is 11.5. The van der Waals surface area contributed by atoms with Crippen molar-refractivity contribution < 1.29 is 9.90 Å². The summed E-state index contributed by atoms with van der Waals surface area (Å²) < 4.78 is 0. The molecule has 2 atom stereocenters. The van der Waals surface area contributed by atoms with Crippen LogP contribution in [0.5, 0.6) is 0 Å². The van der Waals surface area contributed by atoms with Crippen LogP contribution >= 0.6 is 11.8 Å². The standard InChI is InChI=1S/C13H26N2O2S/c1-3-11(4-6-16)8-14-13(17)9-15(2)12-5-7-18-10-12/h11-12,16H,3-10H2,1-2H3,(H,14,17). The summed E-state index contributed by atoms with van der Waals surface area (Å²) >= 11 is 1.96. The summed E-state index contributed by atoms with van der Waals surface area (Å²) in [6.45, 7) is 3.46. The van der Waals surface area contributed by atoms with E-state index >= 15 is 0 Å². The zero-order valence-corrected chi connectivity index (χ0v) is 12.3. The van der Waals surface area contributed by atoms with Crippen molar-refractivity contribution in [3.63, 3.8) is 0 Å². The van der Waals surface area contributed by atoms with Crippen LogP contribution in [-0.2, 0) is 4.79 Å². The lowest BCUT2D eigenvalue weighted by Crippen LogP contribution is -2.41. The maximum atomic E-state index is 11.8. The number of nitrogens with one attached hydrogen (secondary N) is 1. The van der Waals surface area contributed by atoms with E-state index in [1.54, 1.807) is 0 Å². The van der Waals surface area contributed by atoms with Crippen molar-refractivity contribution in [2.45, 2.75) is 32.2 Å². The van der Waals surface area contributed by atoms with Crippen molar-refractivity contribution >= 4 is 17.7 Å². The second-order valence-corrected chi connectivity index (χ2v) is 6.17. The summed E-state index contributed by atoms with van der Waals surface area (Å²) in [5.74, 6) is 2.86. The molecule has 2 unspecified atom stereocenters. The third kappa shape index (κ3) is 5.59. The van der Waals surface area contributed by atoms with Gasteiger partial charge in [0.15, 0.2) is 0 Å². The second-order valence-electron chi connectivity index (χ2n) is 5.02. The van der Waals surface area contributed by atoms with E-state index in [1.165, 1.54) is 12.2 Å². The van der Waals surface area contributed by atoms with Crippen LogP contribution in [0.15, 0.2) is 0 Å². The first-order chi connectivity index (χ1) is 8.67. The molecule has 1 aliphatic heterocycles. The Balaban J connectivity index is 2.19. The predicted molar refractivity (Wildman–Crippen MR) is 76.9 cm³/mol. The van der Waals surface area contributed by atoms with E-state index in [4.69, 9.17) is 5.11 Å². The van der Waals surface area contributed by atoms with E-state index in [1.807, 2.05) is 18.8 Å². The molecule has 1 amide bonds. The number of likely N-dealkylation sites (N-methyl/N-ethyl adjacent to an activating group) is 1. The highest BCUT2D eigenvalue weighted by molar-refractivity contribution is 7.99. The van der Waals surface area contributed by atoms with Gasteiger partial charge >= 0.3 is 0 Å².